The van der Waals surface area contributed by atoms with Crippen LogP contribution in [0.4, 0.5) is 11.4 Å². The first kappa shape index (κ1) is 14.4. The van der Waals surface area contributed by atoms with Gasteiger partial charge < -0.3 is 15.8 Å². The summed E-state index contributed by atoms with van der Waals surface area (Å²) in [6.45, 7) is 3.06. The molecule has 0 unspecified atom stereocenters. The number of ether oxygens (including phenoxy) is 1. The van der Waals surface area contributed by atoms with Crippen LogP contribution in [0, 0.1) is 0 Å². The molecule has 0 heterocycles. The van der Waals surface area contributed by atoms with E-state index in [1.165, 1.54) is 26.4 Å². The highest BCUT2D eigenvalue weighted by atomic mass is 16.5. The molecule has 0 aromatic heterocycles. The van der Waals surface area contributed by atoms with Crippen molar-refractivity contribution in [1.82, 2.24) is 0 Å². The molecule has 18 heavy (non-hydrogen) atoms. The summed E-state index contributed by atoms with van der Waals surface area (Å²) in [5.41, 5.74) is 7.61. The molecule has 4 nitrogen and oxygen atoms in total. The van der Waals surface area contributed by atoms with Crippen molar-refractivity contribution in [3.05, 3.63) is 23.8 Å². The van der Waals surface area contributed by atoms with Crippen LogP contribution in [0.2, 0.25) is 0 Å². The Hall–Kier alpha value is -1.71. The quantitative estimate of drug-likeness (QED) is 0.443. The van der Waals surface area contributed by atoms with E-state index in [0.717, 1.165) is 18.7 Å². The Morgan fingerprint density at radius 1 is 1.33 bits per heavy atom. The fourth-order valence-electron chi connectivity index (χ4n) is 1.78. The first-order chi connectivity index (χ1) is 8.70. The van der Waals surface area contributed by atoms with E-state index in [2.05, 4.69) is 17.0 Å². The molecule has 100 valence electrons. The molecule has 0 aliphatic heterocycles. The number of esters is 1. The van der Waals surface area contributed by atoms with E-state index in [1.807, 2.05) is 6.07 Å². The molecule has 0 radical (unpaired) electrons. The minimum absolute atomic E-state index is 0.401. The zero-order chi connectivity index (χ0) is 13.4. The Labute approximate surface area is 109 Å². The van der Waals surface area contributed by atoms with Crippen molar-refractivity contribution in [3.8, 4) is 0 Å². The zero-order valence-electron chi connectivity index (χ0n) is 11.2. The van der Waals surface area contributed by atoms with Crippen LogP contribution in [0.3, 0.4) is 0 Å². The topological polar surface area (TPSA) is 64.3 Å². The van der Waals surface area contributed by atoms with Gasteiger partial charge in [0.15, 0.2) is 0 Å². The van der Waals surface area contributed by atoms with Crippen molar-refractivity contribution in [2.45, 2.75) is 32.6 Å². The first-order valence-corrected chi connectivity index (χ1v) is 6.41. The molecule has 0 aliphatic carbocycles. The average Bonchev–Trinajstić information content (AvgIpc) is 2.39. The van der Waals surface area contributed by atoms with Crippen LogP contribution in [-0.2, 0) is 4.74 Å². The maximum Gasteiger partial charge on any atom is 0.340 e. The molecule has 4 heteroatoms. The largest absolute Gasteiger partial charge is 0.465 e. The number of hydrogen-bond acceptors (Lipinski definition) is 4. The number of para-hydroxylation sites is 1. The monoisotopic (exact) mass is 250 g/mol. The van der Waals surface area contributed by atoms with Gasteiger partial charge in [0.1, 0.15) is 0 Å². The minimum Gasteiger partial charge on any atom is -0.465 e. The second-order valence-electron chi connectivity index (χ2n) is 4.25. The number of carbonyl (C=O) groups excluding carboxylic acids is 1. The summed E-state index contributed by atoms with van der Waals surface area (Å²) in [7, 11) is 1.35. The number of anilines is 2. The van der Waals surface area contributed by atoms with Crippen molar-refractivity contribution < 1.29 is 9.53 Å². The van der Waals surface area contributed by atoms with Crippen LogP contribution >= 0.6 is 0 Å². The smallest absolute Gasteiger partial charge is 0.340 e. The normalized spacial score (nSPS) is 10.1. The molecule has 0 aliphatic rings. The van der Waals surface area contributed by atoms with Crippen molar-refractivity contribution in [1.29, 1.82) is 0 Å². The van der Waals surface area contributed by atoms with Gasteiger partial charge >= 0.3 is 5.97 Å². The fraction of sp³-hybridized carbons (Fsp3) is 0.500. The predicted molar refractivity (Wildman–Crippen MR) is 74.8 cm³/mol. The summed E-state index contributed by atoms with van der Waals surface area (Å²) in [5.74, 6) is -0.401. The Morgan fingerprint density at radius 3 is 2.78 bits per heavy atom. The second kappa shape index (κ2) is 7.58. The van der Waals surface area contributed by atoms with Crippen molar-refractivity contribution in [2.24, 2.45) is 0 Å². The maximum absolute atomic E-state index is 11.5. The molecule has 0 amide bonds. The van der Waals surface area contributed by atoms with Gasteiger partial charge in [0.2, 0.25) is 0 Å². The Morgan fingerprint density at radius 2 is 2.11 bits per heavy atom. The minimum atomic E-state index is -0.401. The molecule has 0 saturated heterocycles. The lowest BCUT2D eigenvalue weighted by molar-refractivity contribution is 0.0602. The molecule has 3 N–H and O–H groups in total. The molecule has 0 atom stereocenters. The van der Waals surface area contributed by atoms with Gasteiger partial charge in [0.05, 0.1) is 24.0 Å². The number of nitrogens with two attached hydrogens (primary N) is 1. The van der Waals surface area contributed by atoms with E-state index >= 15 is 0 Å². The SMILES string of the molecule is CCCCCCNc1cccc(C(=O)OC)c1N. The number of rotatable bonds is 7. The standard InChI is InChI=1S/C14H22N2O2/c1-3-4-5-6-10-16-12-9-7-8-11(13(12)15)14(17)18-2/h7-9,16H,3-6,10,15H2,1-2H3. The lowest BCUT2D eigenvalue weighted by Crippen LogP contribution is -2.10. The van der Waals surface area contributed by atoms with E-state index in [0.29, 0.717) is 11.3 Å². The number of hydrogen-bond donors (Lipinski definition) is 2. The van der Waals surface area contributed by atoms with Gasteiger partial charge in [-0.25, -0.2) is 4.79 Å². The summed E-state index contributed by atoms with van der Waals surface area (Å²) in [4.78, 5) is 11.5. The summed E-state index contributed by atoms with van der Waals surface area (Å²) in [6.07, 6.45) is 4.79. The molecule has 0 fully saturated rings. The third-order valence-corrected chi connectivity index (χ3v) is 2.86. The molecule has 0 spiro atoms. The number of nitrogen functional groups attached to an aromatic ring is 1. The number of benzene rings is 1. The third kappa shape index (κ3) is 3.95. The molecular weight excluding hydrogens is 228 g/mol. The van der Waals surface area contributed by atoms with E-state index in [1.54, 1.807) is 12.1 Å². The molecule has 0 saturated carbocycles. The van der Waals surface area contributed by atoms with Gasteiger partial charge in [0, 0.05) is 6.54 Å². The second-order valence-corrected chi connectivity index (χ2v) is 4.25. The van der Waals surface area contributed by atoms with Crippen LogP contribution < -0.4 is 11.1 Å². The predicted octanol–water partition coefficient (Wildman–Crippen LogP) is 3.05. The van der Waals surface area contributed by atoms with Crippen LogP contribution in [0.1, 0.15) is 43.0 Å². The molecule has 1 aromatic rings. The molecule has 1 aromatic carbocycles. The van der Waals surface area contributed by atoms with Crippen LogP contribution in [0.15, 0.2) is 18.2 Å². The Kier molecular flexibility index (Phi) is 6.05. The summed E-state index contributed by atoms with van der Waals surface area (Å²) >= 11 is 0. The summed E-state index contributed by atoms with van der Waals surface area (Å²) < 4.78 is 4.68. The van der Waals surface area contributed by atoms with Crippen LogP contribution in [-0.4, -0.2) is 19.6 Å². The number of carbonyl (C=O) groups is 1. The van der Waals surface area contributed by atoms with E-state index in [4.69, 9.17) is 5.73 Å². The van der Waals surface area contributed by atoms with Crippen molar-refractivity contribution >= 4 is 17.3 Å². The zero-order valence-corrected chi connectivity index (χ0v) is 11.2. The molecular formula is C14H22N2O2. The number of unbranched alkanes of at least 4 members (excludes halogenated alkanes) is 3. The van der Waals surface area contributed by atoms with Crippen LogP contribution in [0.25, 0.3) is 0 Å². The number of methoxy groups -OCH3 is 1. The lowest BCUT2D eigenvalue weighted by Gasteiger charge is -2.11. The van der Waals surface area contributed by atoms with E-state index in [-0.39, 0.29) is 0 Å². The van der Waals surface area contributed by atoms with Gasteiger partial charge in [-0.3, -0.25) is 0 Å². The first-order valence-electron chi connectivity index (χ1n) is 6.41. The van der Waals surface area contributed by atoms with Gasteiger partial charge in [-0.05, 0) is 18.6 Å². The van der Waals surface area contributed by atoms with Crippen molar-refractivity contribution in [3.63, 3.8) is 0 Å². The Balaban J connectivity index is 2.58. The van der Waals surface area contributed by atoms with E-state index in [9.17, 15) is 4.79 Å². The van der Waals surface area contributed by atoms with E-state index < -0.39 is 5.97 Å². The molecule has 0 bridgehead atoms. The summed E-state index contributed by atoms with van der Waals surface area (Å²) in [6, 6.07) is 5.35. The lowest BCUT2D eigenvalue weighted by atomic mass is 10.1. The highest BCUT2D eigenvalue weighted by molar-refractivity contribution is 5.98. The maximum atomic E-state index is 11.5. The van der Waals surface area contributed by atoms with Gasteiger partial charge in [-0.15, -0.1) is 0 Å². The van der Waals surface area contributed by atoms with Crippen molar-refractivity contribution in [2.75, 3.05) is 24.7 Å². The highest BCUT2D eigenvalue weighted by Gasteiger charge is 2.12. The van der Waals surface area contributed by atoms with Crippen LogP contribution in [0.5, 0.6) is 0 Å². The fourth-order valence-corrected chi connectivity index (χ4v) is 1.78. The summed E-state index contributed by atoms with van der Waals surface area (Å²) in [5, 5.41) is 3.26. The Bertz CT molecular complexity index is 391. The highest BCUT2D eigenvalue weighted by Crippen LogP contribution is 2.23. The number of nitrogens with one attached hydrogen (secondary N) is 1. The van der Waals surface area contributed by atoms with Gasteiger partial charge in [-0.1, -0.05) is 32.3 Å². The average molecular weight is 250 g/mol. The van der Waals surface area contributed by atoms with Gasteiger partial charge in [0.25, 0.3) is 0 Å². The van der Waals surface area contributed by atoms with Gasteiger partial charge in [-0.2, -0.15) is 0 Å². The molecule has 1 rings (SSSR count). The third-order valence-electron chi connectivity index (χ3n) is 2.86.